The molecule has 0 aromatic heterocycles. The highest BCUT2D eigenvalue weighted by Gasteiger charge is 2.38. The monoisotopic (exact) mass is 398 g/mol. The van der Waals surface area contributed by atoms with E-state index in [1.165, 1.54) is 14.2 Å². The van der Waals surface area contributed by atoms with Gasteiger partial charge in [-0.15, -0.1) is 0 Å². The molecule has 0 atom stereocenters. The number of nitrogens with one attached hydrogen (secondary N) is 1. The van der Waals surface area contributed by atoms with Gasteiger partial charge in [0.1, 0.15) is 17.0 Å². The molecule has 0 fully saturated rings. The van der Waals surface area contributed by atoms with Crippen molar-refractivity contribution in [1.82, 2.24) is 0 Å². The van der Waals surface area contributed by atoms with E-state index in [9.17, 15) is 9.59 Å². The Morgan fingerprint density at radius 1 is 1.07 bits per heavy atom. The fraction of sp³-hybridized carbons (Fsp3) is 0.364. The third-order valence-corrected chi connectivity index (χ3v) is 4.77. The smallest absolute Gasteiger partial charge is 0.338 e. The van der Waals surface area contributed by atoms with E-state index in [0.717, 1.165) is 11.4 Å². The zero-order valence-electron chi connectivity index (χ0n) is 17.2. The molecule has 7 heteroatoms. The Bertz CT molecular complexity index is 888. The van der Waals surface area contributed by atoms with Crippen molar-refractivity contribution in [3.63, 3.8) is 0 Å². The molecule has 1 amide bonds. The van der Waals surface area contributed by atoms with Crippen LogP contribution in [0.1, 0.15) is 30.6 Å². The fourth-order valence-electron chi connectivity index (χ4n) is 3.27. The van der Waals surface area contributed by atoms with E-state index >= 15 is 0 Å². The zero-order chi connectivity index (χ0) is 21.0. The number of para-hydroxylation sites is 2. The second kappa shape index (κ2) is 8.43. The van der Waals surface area contributed by atoms with Crippen molar-refractivity contribution < 1.29 is 23.8 Å². The van der Waals surface area contributed by atoms with Crippen LogP contribution in [0.25, 0.3) is 0 Å². The van der Waals surface area contributed by atoms with Crippen molar-refractivity contribution in [3.05, 3.63) is 48.0 Å². The number of hydrogen-bond acceptors (Lipinski definition) is 6. The van der Waals surface area contributed by atoms with E-state index in [1.54, 1.807) is 23.1 Å². The molecule has 3 rings (SSSR count). The molecule has 0 unspecified atom stereocenters. The summed E-state index contributed by atoms with van der Waals surface area (Å²) in [6.45, 7) is 4.36. The van der Waals surface area contributed by atoms with E-state index in [0.29, 0.717) is 30.0 Å². The van der Waals surface area contributed by atoms with Crippen molar-refractivity contribution >= 4 is 23.3 Å². The van der Waals surface area contributed by atoms with Crippen LogP contribution in [0.15, 0.2) is 42.5 Å². The van der Waals surface area contributed by atoms with Crippen molar-refractivity contribution in [2.45, 2.75) is 25.8 Å². The average Bonchev–Trinajstić information content (AvgIpc) is 2.72. The topological polar surface area (TPSA) is 77.1 Å². The Morgan fingerprint density at radius 2 is 1.72 bits per heavy atom. The van der Waals surface area contributed by atoms with E-state index in [-0.39, 0.29) is 12.5 Å². The predicted molar refractivity (Wildman–Crippen MR) is 111 cm³/mol. The molecule has 0 aliphatic carbocycles. The van der Waals surface area contributed by atoms with Crippen molar-refractivity contribution in [2.24, 2.45) is 0 Å². The van der Waals surface area contributed by atoms with E-state index in [4.69, 9.17) is 14.2 Å². The van der Waals surface area contributed by atoms with Crippen LogP contribution in [0.5, 0.6) is 11.5 Å². The summed E-state index contributed by atoms with van der Waals surface area (Å²) < 4.78 is 15.7. The number of methoxy groups -OCH3 is 2. The van der Waals surface area contributed by atoms with Crippen molar-refractivity contribution in [3.8, 4) is 11.5 Å². The molecule has 0 radical (unpaired) electrons. The van der Waals surface area contributed by atoms with Crippen LogP contribution >= 0.6 is 0 Å². The Hall–Kier alpha value is -3.22. The second-order valence-corrected chi connectivity index (χ2v) is 7.31. The van der Waals surface area contributed by atoms with Gasteiger partial charge in [0.25, 0.3) is 5.91 Å². The molecule has 0 saturated heterocycles. The number of nitrogens with zero attached hydrogens (tertiary/aromatic N) is 1. The Morgan fingerprint density at radius 3 is 2.38 bits per heavy atom. The Kier molecular flexibility index (Phi) is 5.96. The summed E-state index contributed by atoms with van der Waals surface area (Å²) in [6, 6.07) is 12.6. The fourth-order valence-corrected chi connectivity index (χ4v) is 3.27. The highest BCUT2D eigenvalue weighted by molar-refractivity contribution is 6.07. The molecule has 1 aliphatic heterocycles. The summed E-state index contributed by atoms with van der Waals surface area (Å²) >= 11 is 0. The van der Waals surface area contributed by atoms with E-state index in [1.807, 2.05) is 38.1 Å². The van der Waals surface area contributed by atoms with Gasteiger partial charge in [0, 0.05) is 12.6 Å². The molecule has 1 N–H and O–H groups in total. The van der Waals surface area contributed by atoms with Gasteiger partial charge in [-0.2, -0.15) is 0 Å². The molecule has 1 heterocycles. The Balaban J connectivity index is 1.62. The summed E-state index contributed by atoms with van der Waals surface area (Å²) in [5.41, 5.74) is 1.41. The highest BCUT2D eigenvalue weighted by Crippen LogP contribution is 2.35. The number of benzene rings is 2. The molecular weight excluding hydrogens is 372 g/mol. The van der Waals surface area contributed by atoms with Gasteiger partial charge in [-0.25, -0.2) is 4.79 Å². The van der Waals surface area contributed by atoms with E-state index in [2.05, 4.69) is 5.32 Å². The first-order chi connectivity index (χ1) is 13.9. The number of esters is 1. The van der Waals surface area contributed by atoms with Crippen molar-refractivity contribution in [1.29, 1.82) is 0 Å². The quantitative estimate of drug-likeness (QED) is 0.568. The van der Waals surface area contributed by atoms with Gasteiger partial charge in [-0.05, 0) is 44.5 Å². The van der Waals surface area contributed by atoms with Gasteiger partial charge in [0.15, 0.2) is 0 Å². The summed E-state index contributed by atoms with van der Waals surface area (Å²) in [7, 11) is 3.04. The maximum absolute atomic E-state index is 12.8. The zero-order valence-corrected chi connectivity index (χ0v) is 17.2. The van der Waals surface area contributed by atoms with Crippen LogP contribution in [-0.2, 0) is 9.53 Å². The first kappa shape index (κ1) is 20.5. The molecule has 2 aromatic carbocycles. The maximum Gasteiger partial charge on any atom is 0.338 e. The maximum atomic E-state index is 12.8. The van der Waals surface area contributed by atoms with Gasteiger partial charge < -0.3 is 24.4 Å². The number of amides is 1. The number of anilines is 2. The second-order valence-electron chi connectivity index (χ2n) is 7.31. The van der Waals surface area contributed by atoms with Gasteiger partial charge in [-0.1, -0.05) is 12.1 Å². The molecule has 0 spiro atoms. The number of hydrogen-bond donors (Lipinski definition) is 1. The summed E-state index contributed by atoms with van der Waals surface area (Å²) in [5.74, 6) is 0.553. The van der Waals surface area contributed by atoms with Crippen LogP contribution in [0.3, 0.4) is 0 Å². The lowest BCUT2D eigenvalue weighted by molar-refractivity contribution is -0.122. The minimum absolute atomic E-state index is 0.0138. The molecule has 7 nitrogen and oxygen atoms in total. The number of carbonyl (C=O) groups excluding carboxylic acids is 2. The van der Waals surface area contributed by atoms with Gasteiger partial charge >= 0.3 is 5.97 Å². The first-order valence-corrected chi connectivity index (χ1v) is 9.45. The lowest BCUT2D eigenvalue weighted by Gasteiger charge is -2.40. The molecule has 2 aromatic rings. The van der Waals surface area contributed by atoms with Crippen LogP contribution in [0, 0.1) is 0 Å². The Labute approximate surface area is 170 Å². The molecule has 1 aliphatic rings. The number of fused-ring (bicyclic) bond motifs is 1. The van der Waals surface area contributed by atoms with Crippen LogP contribution in [0.4, 0.5) is 11.4 Å². The molecular formula is C22H26N2O5. The summed E-state index contributed by atoms with van der Waals surface area (Å²) in [5, 5.41) is 3.27. The average molecular weight is 398 g/mol. The van der Waals surface area contributed by atoms with Crippen molar-refractivity contribution in [2.75, 3.05) is 37.6 Å². The minimum atomic E-state index is -0.692. The third kappa shape index (κ3) is 4.45. The SMILES string of the molecule is COc1cc(OC)cc(C(=O)OCCCN2C(=O)C(C)(C)Nc3ccccc32)c1. The summed E-state index contributed by atoms with van der Waals surface area (Å²) in [6.07, 6.45) is 0.517. The van der Waals surface area contributed by atoms with E-state index < -0.39 is 11.5 Å². The highest BCUT2D eigenvalue weighted by atomic mass is 16.5. The summed E-state index contributed by atoms with van der Waals surface area (Å²) in [4.78, 5) is 26.9. The lowest BCUT2D eigenvalue weighted by Crippen LogP contribution is -2.54. The van der Waals surface area contributed by atoms with Gasteiger partial charge in [-0.3, -0.25) is 4.79 Å². The molecule has 154 valence electrons. The molecule has 0 bridgehead atoms. The number of carbonyl (C=O) groups is 2. The van der Waals surface area contributed by atoms with Gasteiger partial charge in [0.05, 0.1) is 37.8 Å². The normalized spacial score (nSPS) is 14.6. The minimum Gasteiger partial charge on any atom is -0.497 e. The largest absolute Gasteiger partial charge is 0.497 e. The number of ether oxygens (including phenoxy) is 3. The molecule has 0 saturated carbocycles. The van der Waals surface area contributed by atoms with Crippen LogP contribution in [-0.4, -0.2) is 44.8 Å². The lowest BCUT2D eigenvalue weighted by atomic mass is 9.98. The number of rotatable bonds is 7. The van der Waals surface area contributed by atoms with Gasteiger partial charge in [0.2, 0.25) is 0 Å². The van der Waals surface area contributed by atoms with Crippen LogP contribution in [0.2, 0.25) is 0 Å². The molecule has 29 heavy (non-hydrogen) atoms. The predicted octanol–water partition coefficient (Wildman–Crippen LogP) is 3.49. The van der Waals surface area contributed by atoms with Crippen LogP contribution < -0.4 is 19.7 Å². The first-order valence-electron chi connectivity index (χ1n) is 9.45. The third-order valence-electron chi connectivity index (χ3n) is 4.77. The standard InChI is InChI=1S/C22H26N2O5/c1-22(2)21(26)24(19-9-6-5-8-18(19)23-22)10-7-11-29-20(25)15-12-16(27-3)14-17(13-15)28-4/h5-6,8-9,12-14,23H,7,10-11H2,1-4H3.